The lowest BCUT2D eigenvalue weighted by molar-refractivity contribution is 1.09. The van der Waals surface area contributed by atoms with Crippen LogP contribution in [0.1, 0.15) is 0 Å². The molecular formula is C13H10N4. The summed E-state index contributed by atoms with van der Waals surface area (Å²) in [6.45, 7) is 0. The molecule has 0 aliphatic heterocycles. The average Bonchev–Trinajstić information content (AvgIpc) is 2.94. The minimum Gasteiger partial charge on any atom is -0.278 e. The molecule has 1 aromatic carbocycles. The molecule has 1 N–H and O–H groups in total. The molecule has 4 nitrogen and oxygen atoms in total. The molecule has 0 bridgehead atoms. The molecule has 0 aliphatic carbocycles. The Morgan fingerprint density at radius 2 is 1.65 bits per heavy atom. The molecule has 0 amide bonds. The van der Waals surface area contributed by atoms with Crippen LogP contribution in [0.3, 0.4) is 0 Å². The van der Waals surface area contributed by atoms with Gasteiger partial charge in [-0.15, -0.1) is 0 Å². The van der Waals surface area contributed by atoms with Crippen molar-refractivity contribution in [1.29, 1.82) is 0 Å². The third kappa shape index (κ3) is 1.92. The minimum absolute atomic E-state index is 0.730. The van der Waals surface area contributed by atoms with Gasteiger partial charge < -0.3 is 0 Å². The summed E-state index contributed by atoms with van der Waals surface area (Å²) in [4.78, 5) is 8.47. The maximum Gasteiger partial charge on any atom is 0.159 e. The van der Waals surface area contributed by atoms with Crippen LogP contribution in [-0.4, -0.2) is 20.2 Å². The first-order chi connectivity index (χ1) is 8.43. The van der Waals surface area contributed by atoms with Crippen molar-refractivity contribution < 1.29 is 0 Å². The molecule has 82 valence electrons. The summed E-state index contributed by atoms with van der Waals surface area (Å²) in [6, 6.07) is 11.8. The quantitative estimate of drug-likeness (QED) is 0.724. The van der Waals surface area contributed by atoms with Crippen molar-refractivity contribution >= 4 is 0 Å². The average molecular weight is 222 g/mol. The van der Waals surface area contributed by atoms with E-state index >= 15 is 0 Å². The fourth-order valence-electron chi connectivity index (χ4n) is 1.69. The molecule has 0 radical (unpaired) electrons. The summed E-state index contributed by atoms with van der Waals surface area (Å²) in [6.07, 6.45) is 5.22. The summed E-state index contributed by atoms with van der Waals surface area (Å²) < 4.78 is 0. The van der Waals surface area contributed by atoms with Gasteiger partial charge in [0.05, 0.1) is 5.69 Å². The second kappa shape index (κ2) is 4.17. The number of aromatic amines is 1. The van der Waals surface area contributed by atoms with Gasteiger partial charge in [-0.3, -0.25) is 5.10 Å². The summed E-state index contributed by atoms with van der Waals surface area (Å²) in [5.41, 5.74) is 3.06. The molecule has 0 unspecified atom stereocenters. The van der Waals surface area contributed by atoms with Gasteiger partial charge in [0, 0.05) is 29.7 Å². The molecule has 0 saturated heterocycles. The Bertz CT molecular complexity index is 602. The van der Waals surface area contributed by atoms with Crippen LogP contribution in [0.2, 0.25) is 0 Å². The van der Waals surface area contributed by atoms with Crippen molar-refractivity contribution in [2.45, 2.75) is 0 Å². The molecule has 4 heteroatoms. The Morgan fingerprint density at radius 3 is 2.41 bits per heavy atom. The van der Waals surface area contributed by atoms with E-state index in [0.717, 1.165) is 22.6 Å². The van der Waals surface area contributed by atoms with E-state index in [-0.39, 0.29) is 0 Å². The van der Waals surface area contributed by atoms with Gasteiger partial charge in [-0.05, 0) is 18.2 Å². The monoisotopic (exact) mass is 222 g/mol. The summed E-state index contributed by atoms with van der Waals surface area (Å²) in [7, 11) is 0. The van der Waals surface area contributed by atoms with E-state index in [0.29, 0.717) is 0 Å². The Kier molecular flexibility index (Phi) is 2.38. The molecule has 3 rings (SSSR count). The number of aromatic nitrogens is 4. The zero-order chi connectivity index (χ0) is 11.5. The van der Waals surface area contributed by atoms with E-state index in [1.807, 2.05) is 36.4 Å². The first kappa shape index (κ1) is 9.72. The molecule has 0 atom stereocenters. The van der Waals surface area contributed by atoms with Crippen molar-refractivity contribution in [2.24, 2.45) is 0 Å². The second-order valence-corrected chi connectivity index (χ2v) is 3.62. The van der Waals surface area contributed by atoms with E-state index in [4.69, 9.17) is 0 Å². The molecule has 0 spiro atoms. The van der Waals surface area contributed by atoms with Crippen molar-refractivity contribution in [3.63, 3.8) is 0 Å². The lowest BCUT2D eigenvalue weighted by atomic mass is 10.1. The predicted molar refractivity (Wildman–Crippen MR) is 65.0 cm³/mol. The highest BCUT2D eigenvalue weighted by Gasteiger charge is 2.03. The third-order valence-electron chi connectivity index (χ3n) is 2.50. The lowest BCUT2D eigenvalue weighted by Crippen LogP contribution is -1.87. The van der Waals surface area contributed by atoms with Gasteiger partial charge in [-0.2, -0.15) is 5.10 Å². The standard InChI is InChI=1S/C13H10N4/c1-3-10(12-5-8-16-17-12)9-11(4-1)13-14-6-2-7-15-13/h1-9H,(H,16,17). The molecule has 2 aromatic heterocycles. The first-order valence-electron chi connectivity index (χ1n) is 5.31. The molecule has 17 heavy (non-hydrogen) atoms. The highest BCUT2D eigenvalue weighted by atomic mass is 15.1. The number of benzene rings is 1. The van der Waals surface area contributed by atoms with Gasteiger partial charge >= 0.3 is 0 Å². The SMILES string of the molecule is c1cnc(-c2cccc(-c3ccn[nH]3)c2)nc1. The Labute approximate surface area is 98.4 Å². The number of H-pyrrole nitrogens is 1. The summed E-state index contributed by atoms with van der Waals surface area (Å²) >= 11 is 0. The Morgan fingerprint density at radius 1 is 0.824 bits per heavy atom. The van der Waals surface area contributed by atoms with Crippen LogP contribution in [0.4, 0.5) is 0 Å². The number of hydrogen-bond acceptors (Lipinski definition) is 3. The van der Waals surface area contributed by atoms with E-state index < -0.39 is 0 Å². The van der Waals surface area contributed by atoms with Gasteiger partial charge in [-0.25, -0.2) is 9.97 Å². The van der Waals surface area contributed by atoms with Crippen LogP contribution in [0, 0.1) is 0 Å². The first-order valence-corrected chi connectivity index (χ1v) is 5.31. The molecule has 3 aromatic rings. The fraction of sp³-hybridized carbons (Fsp3) is 0. The number of hydrogen-bond donors (Lipinski definition) is 1. The molecule has 2 heterocycles. The topological polar surface area (TPSA) is 54.5 Å². The predicted octanol–water partition coefficient (Wildman–Crippen LogP) is 2.53. The van der Waals surface area contributed by atoms with Gasteiger partial charge in [0.25, 0.3) is 0 Å². The van der Waals surface area contributed by atoms with Crippen molar-refractivity contribution in [3.8, 4) is 22.6 Å². The Hall–Kier alpha value is -2.49. The van der Waals surface area contributed by atoms with E-state index in [2.05, 4.69) is 20.2 Å². The van der Waals surface area contributed by atoms with Crippen LogP contribution in [-0.2, 0) is 0 Å². The number of nitrogens with zero attached hydrogens (tertiary/aromatic N) is 3. The summed E-state index contributed by atoms with van der Waals surface area (Å²) in [5.74, 6) is 0.730. The van der Waals surface area contributed by atoms with Gasteiger partial charge in [0.15, 0.2) is 5.82 Å². The fourth-order valence-corrected chi connectivity index (χ4v) is 1.69. The Balaban J connectivity index is 2.06. The van der Waals surface area contributed by atoms with E-state index in [1.165, 1.54) is 0 Å². The van der Waals surface area contributed by atoms with Crippen LogP contribution >= 0.6 is 0 Å². The lowest BCUT2D eigenvalue weighted by Gasteiger charge is -2.02. The van der Waals surface area contributed by atoms with Crippen LogP contribution < -0.4 is 0 Å². The molecule has 0 aliphatic rings. The minimum atomic E-state index is 0.730. The van der Waals surface area contributed by atoms with Crippen LogP contribution in [0.25, 0.3) is 22.6 Å². The van der Waals surface area contributed by atoms with Crippen molar-refractivity contribution in [2.75, 3.05) is 0 Å². The maximum absolute atomic E-state index is 4.23. The van der Waals surface area contributed by atoms with Gasteiger partial charge in [-0.1, -0.05) is 18.2 Å². The number of rotatable bonds is 2. The van der Waals surface area contributed by atoms with Crippen LogP contribution in [0.5, 0.6) is 0 Å². The van der Waals surface area contributed by atoms with Gasteiger partial charge in [0.1, 0.15) is 0 Å². The molecule has 0 fully saturated rings. The smallest absolute Gasteiger partial charge is 0.159 e. The van der Waals surface area contributed by atoms with Crippen molar-refractivity contribution in [1.82, 2.24) is 20.2 Å². The molecular weight excluding hydrogens is 212 g/mol. The highest BCUT2D eigenvalue weighted by Crippen LogP contribution is 2.22. The zero-order valence-corrected chi connectivity index (χ0v) is 9.04. The maximum atomic E-state index is 4.23. The normalized spacial score (nSPS) is 10.4. The highest BCUT2D eigenvalue weighted by molar-refractivity contribution is 5.67. The largest absolute Gasteiger partial charge is 0.278 e. The molecule has 0 saturated carbocycles. The summed E-state index contributed by atoms with van der Waals surface area (Å²) in [5, 5.41) is 6.89. The second-order valence-electron chi connectivity index (χ2n) is 3.62. The van der Waals surface area contributed by atoms with Crippen LogP contribution in [0.15, 0.2) is 55.0 Å². The zero-order valence-electron chi connectivity index (χ0n) is 9.04. The van der Waals surface area contributed by atoms with Crippen molar-refractivity contribution in [3.05, 3.63) is 55.0 Å². The van der Waals surface area contributed by atoms with Gasteiger partial charge in [0.2, 0.25) is 0 Å². The number of nitrogens with one attached hydrogen (secondary N) is 1. The van der Waals surface area contributed by atoms with E-state index in [1.54, 1.807) is 18.6 Å². The van der Waals surface area contributed by atoms with E-state index in [9.17, 15) is 0 Å². The third-order valence-corrected chi connectivity index (χ3v) is 2.50.